The molecule has 1 aromatic carbocycles. The van der Waals surface area contributed by atoms with E-state index in [1.165, 1.54) is 30.3 Å². The van der Waals surface area contributed by atoms with Gasteiger partial charge in [-0.15, -0.1) is 0 Å². The van der Waals surface area contributed by atoms with Gasteiger partial charge in [-0.3, -0.25) is 9.59 Å². The minimum Gasteiger partial charge on any atom is -0.450 e. The molecule has 1 heterocycles. The van der Waals surface area contributed by atoms with Gasteiger partial charge < -0.3 is 20.2 Å². The molecule has 2 rings (SSSR count). The molecule has 0 aliphatic rings. The van der Waals surface area contributed by atoms with E-state index in [0.29, 0.717) is 0 Å². The molecule has 2 aromatic rings. The van der Waals surface area contributed by atoms with Crippen molar-refractivity contribution in [1.82, 2.24) is 5.32 Å². The number of nitrogens with one attached hydrogen (secondary N) is 1. The Morgan fingerprint density at radius 3 is 2.61 bits per heavy atom. The van der Waals surface area contributed by atoms with Crippen LogP contribution in [0.3, 0.4) is 0 Å². The van der Waals surface area contributed by atoms with E-state index >= 15 is 0 Å². The summed E-state index contributed by atoms with van der Waals surface area (Å²) < 4.78 is 23.6. The van der Waals surface area contributed by atoms with Crippen molar-refractivity contribution in [3.8, 4) is 11.3 Å². The summed E-state index contributed by atoms with van der Waals surface area (Å²) in [5.74, 6) is -2.79. The molecule has 0 aliphatic heterocycles. The number of carbonyl (C=O) groups is 3. The van der Waals surface area contributed by atoms with E-state index in [0.717, 1.165) is 0 Å². The fourth-order valence-corrected chi connectivity index (χ4v) is 1.69. The number of furan rings is 1. The standard InChI is InChI=1S/C15H13FN2O5/c16-10-4-2-1-3-9(10)11-5-6-12(23-11)15(21)22-8-14(20)18-7-13(17)19/h1-6H,7-8H2,(H2,17,19)(H,18,20). The monoisotopic (exact) mass is 320 g/mol. The molecule has 120 valence electrons. The Bertz CT molecular complexity index is 741. The first-order chi connectivity index (χ1) is 11.0. The number of ether oxygens (including phenoxy) is 1. The number of primary amides is 1. The van der Waals surface area contributed by atoms with Crippen LogP contribution in [-0.4, -0.2) is 30.9 Å². The van der Waals surface area contributed by atoms with Crippen LogP contribution in [0.25, 0.3) is 11.3 Å². The number of hydrogen-bond acceptors (Lipinski definition) is 5. The maximum atomic E-state index is 13.6. The van der Waals surface area contributed by atoms with Crippen LogP contribution in [0.5, 0.6) is 0 Å². The number of nitrogens with two attached hydrogens (primary N) is 1. The second kappa shape index (κ2) is 7.21. The second-order valence-corrected chi connectivity index (χ2v) is 4.46. The largest absolute Gasteiger partial charge is 0.450 e. The lowest BCUT2D eigenvalue weighted by molar-refractivity contribution is -0.127. The second-order valence-electron chi connectivity index (χ2n) is 4.46. The normalized spacial score (nSPS) is 10.1. The molecule has 0 fully saturated rings. The van der Waals surface area contributed by atoms with E-state index in [1.54, 1.807) is 6.07 Å². The lowest BCUT2D eigenvalue weighted by Gasteiger charge is -2.03. The van der Waals surface area contributed by atoms with Crippen molar-refractivity contribution in [3.05, 3.63) is 48.0 Å². The molecule has 2 amide bonds. The molecule has 0 saturated heterocycles. The van der Waals surface area contributed by atoms with Gasteiger partial charge in [-0.1, -0.05) is 12.1 Å². The highest BCUT2D eigenvalue weighted by Gasteiger charge is 2.16. The zero-order valence-electron chi connectivity index (χ0n) is 11.9. The van der Waals surface area contributed by atoms with Gasteiger partial charge in [-0.2, -0.15) is 0 Å². The number of benzene rings is 1. The predicted octanol–water partition coefficient (Wildman–Crippen LogP) is 0.844. The third-order valence-electron chi connectivity index (χ3n) is 2.74. The Kier molecular flexibility index (Phi) is 5.08. The molecule has 0 radical (unpaired) electrons. The fourth-order valence-electron chi connectivity index (χ4n) is 1.69. The Labute approximate surface area is 130 Å². The van der Waals surface area contributed by atoms with Crippen molar-refractivity contribution in [1.29, 1.82) is 0 Å². The Morgan fingerprint density at radius 1 is 1.17 bits per heavy atom. The number of amides is 2. The summed E-state index contributed by atoms with van der Waals surface area (Å²) in [4.78, 5) is 33.5. The van der Waals surface area contributed by atoms with E-state index in [1.807, 2.05) is 0 Å². The number of esters is 1. The first-order valence-corrected chi connectivity index (χ1v) is 6.54. The summed E-state index contributed by atoms with van der Waals surface area (Å²) in [6.07, 6.45) is 0. The lowest BCUT2D eigenvalue weighted by atomic mass is 10.1. The van der Waals surface area contributed by atoms with Crippen molar-refractivity contribution in [3.63, 3.8) is 0 Å². The average Bonchev–Trinajstić information content (AvgIpc) is 3.00. The number of halogens is 1. The fraction of sp³-hybridized carbons (Fsp3) is 0.133. The van der Waals surface area contributed by atoms with Gasteiger partial charge in [0.05, 0.1) is 12.1 Å². The molecular formula is C15H13FN2O5. The van der Waals surface area contributed by atoms with E-state index in [-0.39, 0.29) is 23.6 Å². The molecule has 1 aromatic heterocycles. The van der Waals surface area contributed by atoms with Gasteiger partial charge in [0.1, 0.15) is 11.6 Å². The van der Waals surface area contributed by atoms with Gasteiger partial charge in [-0.25, -0.2) is 9.18 Å². The zero-order chi connectivity index (χ0) is 16.8. The third kappa shape index (κ3) is 4.40. The van der Waals surface area contributed by atoms with Gasteiger partial charge in [0.25, 0.3) is 5.91 Å². The van der Waals surface area contributed by atoms with Crippen LogP contribution in [0.4, 0.5) is 4.39 Å². The van der Waals surface area contributed by atoms with Crippen LogP contribution in [-0.2, 0) is 14.3 Å². The van der Waals surface area contributed by atoms with Crippen LogP contribution >= 0.6 is 0 Å². The SMILES string of the molecule is NC(=O)CNC(=O)COC(=O)c1ccc(-c2ccccc2F)o1. The quantitative estimate of drug-likeness (QED) is 0.766. The van der Waals surface area contributed by atoms with Crippen LogP contribution in [0.1, 0.15) is 10.6 Å². The summed E-state index contributed by atoms with van der Waals surface area (Å²) in [6, 6.07) is 8.65. The van der Waals surface area contributed by atoms with Crippen LogP contribution < -0.4 is 11.1 Å². The van der Waals surface area contributed by atoms with Crippen molar-refractivity contribution in [2.75, 3.05) is 13.2 Å². The summed E-state index contributed by atoms with van der Waals surface area (Å²) in [6.45, 7) is -0.948. The van der Waals surface area contributed by atoms with E-state index in [9.17, 15) is 18.8 Å². The third-order valence-corrected chi connectivity index (χ3v) is 2.74. The summed E-state index contributed by atoms with van der Waals surface area (Å²) in [5, 5.41) is 2.16. The average molecular weight is 320 g/mol. The molecule has 8 heteroatoms. The molecule has 0 saturated carbocycles. The molecule has 0 spiro atoms. The zero-order valence-corrected chi connectivity index (χ0v) is 11.9. The van der Waals surface area contributed by atoms with Gasteiger partial charge in [-0.05, 0) is 24.3 Å². The van der Waals surface area contributed by atoms with Crippen LogP contribution in [0.2, 0.25) is 0 Å². The minimum atomic E-state index is -0.887. The van der Waals surface area contributed by atoms with Crippen LogP contribution in [0, 0.1) is 5.82 Å². The van der Waals surface area contributed by atoms with Crippen molar-refractivity contribution in [2.45, 2.75) is 0 Å². The Balaban J connectivity index is 1.95. The van der Waals surface area contributed by atoms with Gasteiger partial charge in [0, 0.05) is 0 Å². The smallest absolute Gasteiger partial charge is 0.374 e. The Hall–Kier alpha value is -3.16. The Morgan fingerprint density at radius 2 is 1.91 bits per heavy atom. The topological polar surface area (TPSA) is 112 Å². The molecule has 0 unspecified atom stereocenters. The number of carbonyl (C=O) groups excluding carboxylic acids is 3. The van der Waals surface area contributed by atoms with E-state index in [2.05, 4.69) is 5.32 Å². The first-order valence-electron chi connectivity index (χ1n) is 6.54. The number of hydrogen-bond donors (Lipinski definition) is 2. The van der Waals surface area contributed by atoms with Crippen molar-refractivity contribution >= 4 is 17.8 Å². The first kappa shape index (κ1) is 16.2. The minimum absolute atomic E-state index is 0.160. The summed E-state index contributed by atoms with van der Waals surface area (Å²) >= 11 is 0. The van der Waals surface area contributed by atoms with Crippen molar-refractivity contribution in [2.24, 2.45) is 5.73 Å². The maximum absolute atomic E-state index is 13.6. The van der Waals surface area contributed by atoms with E-state index in [4.69, 9.17) is 14.9 Å². The molecule has 0 atom stereocenters. The van der Waals surface area contributed by atoms with E-state index < -0.39 is 30.2 Å². The molecule has 3 N–H and O–H groups in total. The molecule has 7 nitrogen and oxygen atoms in total. The number of rotatable bonds is 6. The highest BCUT2D eigenvalue weighted by atomic mass is 19.1. The highest BCUT2D eigenvalue weighted by molar-refractivity contribution is 5.90. The molecule has 0 aliphatic carbocycles. The molecule has 0 bridgehead atoms. The predicted molar refractivity (Wildman–Crippen MR) is 76.6 cm³/mol. The molecular weight excluding hydrogens is 307 g/mol. The molecule has 23 heavy (non-hydrogen) atoms. The van der Waals surface area contributed by atoms with Gasteiger partial charge in [0.15, 0.2) is 6.61 Å². The lowest BCUT2D eigenvalue weighted by Crippen LogP contribution is -2.35. The van der Waals surface area contributed by atoms with Gasteiger partial charge >= 0.3 is 5.97 Å². The highest BCUT2D eigenvalue weighted by Crippen LogP contribution is 2.24. The summed E-state index contributed by atoms with van der Waals surface area (Å²) in [5.41, 5.74) is 5.05. The maximum Gasteiger partial charge on any atom is 0.374 e. The van der Waals surface area contributed by atoms with Crippen molar-refractivity contribution < 1.29 is 27.9 Å². The van der Waals surface area contributed by atoms with Gasteiger partial charge in [0.2, 0.25) is 11.7 Å². The summed E-state index contributed by atoms with van der Waals surface area (Å²) in [7, 11) is 0. The van der Waals surface area contributed by atoms with Crippen LogP contribution in [0.15, 0.2) is 40.8 Å².